The van der Waals surface area contributed by atoms with Crippen LogP contribution in [-0.2, 0) is 5.41 Å². The lowest BCUT2D eigenvalue weighted by Crippen LogP contribution is -2.32. The molecule has 3 atom stereocenters. The molecule has 8 nitrogen and oxygen atoms in total. The van der Waals surface area contributed by atoms with Crippen LogP contribution in [0.3, 0.4) is 0 Å². The molecular weight excluding hydrogens is 471 g/mol. The Balaban J connectivity index is 1.39. The van der Waals surface area contributed by atoms with Gasteiger partial charge in [0.2, 0.25) is 0 Å². The highest BCUT2D eigenvalue weighted by atomic mass is 35.5. The molecule has 0 radical (unpaired) electrons. The van der Waals surface area contributed by atoms with E-state index in [1.54, 1.807) is 12.3 Å². The van der Waals surface area contributed by atoms with E-state index < -0.39 is 0 Å². The number of aromatic nitrogens is 3. The minimum Gasteiger partial charge on any atom is -0.382 e. The van der Waals surface area contributed by atoms with Crippen molar-refractivity contribution >= 4 is 46.4 Å². The molecule has 2 fully saturated rings. The first-order chi connectivity index (χ1) is 16.4. The molecule has 5 rings (SSSR count). The lowest BCUT2D eigenvalue weighted by molar-refractivity contribution is 0.539. The molecule has 1 saturated carbocycles. The van der Waals surface area contributed by atoms with E-state index in [0.29, 0.717) is 29.8 Å². The Labute approximate surface area is 208 Å². The molecule has 34 heavy (non-hydrogen) atoms. The highest BCUT2D eigenvalue weighted by Gasteiger charge is 2.66. The summed E-state index contributed by atoms with van der Waals surface area (Å²) in [5, 5.41) is 9.53. The number of nitrogen functional groups attached to an aromatic ring is 2. The van der Waals surface area contributed by atoms with Crippen LogP contribution in [0.1, 0.15) is 29.7 Å². The Morgan fingerprint density at radius 2 is 1.91 bits per heavy atom. The minimum absolute atomic E-state index is 0.000901. The lowest BCUT2D eigenvalue weighted by atomic mass is 9.87. The Morgan fingerprint density at radius 3 is 2.65 bits per heavy atom. The molecule has 10 heteroatoms. The predicted octanol–water partition coefficient (Wildman–Crippen LogP) is 3.50. The van der Waals surface area contributed by atoms with E-state index in [2.05, 4.69) is 25.9 Å². The number of hydrogen-bond acceptors (Lipinski definition) is 8. The summed E-state index contributed by atoms with van der Waals surface area (Å²) in [5.74, 6) is 2.00. The zero-order valence-electron chi connectivity index (χ0n) is 18.5. The van der Waals surface area contributed by atoms with Crippen LogP contribution in [0.2, 0.25) is 10.0 Å². The number of benzene rings is 1. The monoisotopic (exact) mass is 496 g/mol. The highest BCUT2D eigenvalue weighted by Crippen LogP contribution is 2.66. The molecular formula is C24H26Cl2N8. The van der Waals surface area contributed by atoms with Crippen LogP contribution in [0.25, 0.3) is 0 Å². The molecule has 2 aliphatic rings. The number of nitrogens with zero attached hydrogens (tertiary/aromatic N) is 4. The molecule has 1 unspecified atom stereocenters. The number of nitrogens with one attached hydrogen (secondary N) is 1. The van der Waals surface area contributed by atoms with Gasteiger partial charge in [-0.3, -0.25) is 5.41 Å². The smallest absolute Gasteiger partial charge is 0.154 e. The fourth-order valence-electron chi connectivity index (χ4n) is 5.69. The van der Waals surface area contributed by atoms with Crippen molar-refractivity contribution in [2.45, 2.75) is 18.3 Å². The predicted molar refractivity (Wildman–Crippen MR) is 137 cm³/mol. The molecule has 1 aliphatic carbocycles. The number of piperidine rings is 1. The van der Waals surface area contributed by atoms with Crippen LogP contribution in [-0.4, -0.2) is 40.3 Å². The Hall–Kier alpha value is -2.94. The number of pyridine rings is 1. The largest absolute Gasteiger partial charge is 0.382 e. The van der Waals surface area contributed by atoms with Gasteiger partial charge in [-0.25, -0.2) is 15.0 Å². The maximum absolute atomic E-state index is 8.53. The molecule has 7 N–H and O–H groups in total. The number of halogens is 2. The molecule has 0 spiro atoms. The van der Waals surface area contributed by atoms with Gasteiger partial charge in [-0.2, -0.15) is 0 Å². The fourth-order valence-corrected chi connectivity index (χ4v) is 6.20. The van der Waals surface area contributed by atoms with Crippen molar-refractivity contribution in [1.82, 2.24) is 15.0 Å². The summed E-state index contributed by atoms with van der Waals surface area (Å²) in [5.41, 5.74) is 20.0. The second-order valence-electron chi connectivity index (χ2n) is 8.90. The van der Waals surface area contributed by atoms with Crippen molar-refractivity contribution < 1.29 is 0 Å². The third kappa shape index (κ3) is 3.57. The van der Waals surface area contributed by atoms with Gasteiger partial charge in [0.25, 0.3) is 0 Å². The maximum Gasteiger partial charge on any atom is 0.154 e. The molecule has 2 aromatic heterocycles. The van der Waals surface area contributed by atoms with Crippen molar-refractivity contribution in [3.05, 3.63) is 69.6 Å². The second kappa shape index (κ2) is 8.69. The van der Waals surface area contributed by atoms with Crippen LogP contribution < -0.4 is 22.1 Å². The van der Waals surface area contributed by atoms with E-state index in [1.807, 2.05) is 18.2 Å². The van der Waals surface area contributed by atoms with Crippen LogP contribution in [0.4, 0.5) is 17.5 Å². The Kier molecular flexibility index (Phi) is 5.83. The number of anilines is 3. The van der Waals surface area contributed by atoms with Gasteiger partial charge < -0.3 is 22.1 Å². The van der Waals surface area contributed by atoms with Gasteiger partial charge in [0, 0.05) is 35.3 Å². The van der Waals surface area contributed by atoms with E-state index in [1.165, 1.54) is 11.8 Å². The van der Waals surface area contributed by atoms with E-state index in [4.69, 9.17) is 45.8 Å². The van der Waals surface area contributed by atoms with E-state index in [-0.39, 0.29) is 33.5 Å². The van der Waals surface area contributed by atoms with E-state index >= 15 is 0 Å². The van der Waals surface area contributed by atoms with Gasteiger partial charge in [-0.1, -0.05) is 41.4 Å². The van der Waals surface area contributed by atoms with E-state index in [0.717, 1.165) is 31.0 Å². The first-order valence-electron chi connectivity index (χ1n) is 11.2. The average molecular weight is 497 g/mol. The summed E-state index contributed by atoms with van der Waals surface area (Å²) in [6, 6.07) is 9.71. The zero-order valence-corrected chi connectivity index (χ0v) is 20.0. The van der Waals surface area contributed by atoms with Gasteiger partial charge in [0.05, 0.1) is 16.9 Å². The molecule has 0 amide bonds. The van der Waals surface area contributed by atoms with Gasteiger partial charge >= 0.3 is 0 Å². The Morgan fingerprint density at radius 1 is 1.12 bits per heavy atom. The lowest BCUT2D eigenvalue weighted by Gasteiger charge is -2.27. The summed E-state index contributed by atoms with van der Waals surface area (Å²) in [6.07, 6.45) is 5.08. The first kappa shape index (κ1) is 22.8. The maximum atomic E-state index is 8.53. The minimum atomic E-state index is 0.000901. The first-order valence-corrected chi connectivity index (χ1v) is 12.0. The van der Waals surface area contributed by atoms with Crippen molar-refractivity contribution in [2.24, 2.45) is 17.6 Å². The standard InChI is InChI=1S/C24H26Cl2N8/c25-17-4-2-1-3-15(17)24(7-8-27)14-6-10-34(12-16(14)24)18-11-32-21(23(30)33-18)20(28)13-5-9-31-22(29)19(13)26/h1-5,9,11,14,16,28H,6-8,10,12,27H2,(H2,29,31)(H2,30,33)/t14-,16?,24-/m1/s1. The summed E-state index contributed by atoms with van der Waals surface area (Å²) in [4.78, 5) is 15.2. The van der Waals surface area contributed by atoms with Gasteiger partial charge in [0.1, 0.15) is 17.3 Å². The molecule has 3 heterocycles. The second-order valence-corrected chi connectivity index (χ2v) is 9.69. The average Bonchev–Trinajstić information content (AvgIpc) is 3.47. The third-order valence-corrected chi connectivity index (χ3v) is 8.02. The van der Waals surface area contributed by atoms with Crippen molar-refractivity contribution in [2.75, 3.05) is 36.0 Å². The highest BCUT2D eigenvalue weighted by molar-refractivity contribution is 6.37. The Bertz CT molecular complexity index is 1270. The number of rotatable bonds is 6. The topological polar surface area (TPSA) is 144 Å². The molecule has 3 aromatic rings. The third-order valence-electron chi connectivity index (χ3n) is 7.29. The van der Waals surface area contributed by atoms with Crippen LogP contribution in [0.15, 0.2) is 42.7 Å². The number of hydrogen-bond donors (Lipinski definition) is 4. The SMILES string of the molecule is N=C(c1ccnc(N)c1Cl)c1ncc(N2CC[C@@H]3C(C2)[C@@]3(CCN)c2ccccc2Cl)nc1N. The quantitative estimate of drug-likeness (QED) is 0.382. The summed E-state index contributed by atoms with van der Waals surface area (Å²) < 4.78 is 0. The van der Waals surface area contributed by atoms with Gasteiger partial charge in [-0.05, 0) is 48.9 Å². The zero-order chi connectivity index (χ0) is 24.0. The van der Waals surface area contributed by atoms with Crippen LogP contribution >= 0.6 is 23.2 Å². The van der Waals surface area contributed by atoms with Crippen molar-refractivity contribution in [3.8, 4) is 0 Å². The number of nitrogens with two attached hydrogens (primary N) is 3. The molecule has 176 valence electrons. The van der Waals surface area contributed by atoms with Crippen LogP contribution in [0.5, 0.6) is 0 Å². The van der Waals surface area contributed by atoms with Gasteiger partial charge in [-0.15, -0.1) is 0 Å². The molecule has 1 aromatic carbocycles. The fraction of sp³-hybridized carbons (Fsp3) is 0.333. The molecule has 0 bridgehead atoms. The summed E-state index contributed by atoms with van der Waals surface area (Å²) >= 11 is 12.8. The van der Waals surface area contributed by atoms with E-state index in [9.17, 15) is 0 Å². The molecule has 1 saturated heterocycles. The molecule has 1 aliphatic heterocycles. The summed E-state index contributed by atoms with van der Waals surface area (Å²) in [6.45, 7) is 2.28. The van der Waals surface area contributed by atoms with Crippen molar-refractivity contribution in [3.63, 3.8) is 0 Å². The van der Waals surface area contributed by atoms with Crippen LogP contribution in [0, 0.1) is 17.2 Å². The van der Waals surface area contributed by atoms with Crippen molar-refractivity contribution in [1.29, 1.82) is 5.41 Å². The summed E-state index contributed by atoms with van der Waals surface area (Å²) in [7, 11) is 0. The van der Waals surface area contributed by atoms with Gasteiger partial charge in [0.15, 0.2) is 5.82 Å². The number of fused-ring (bicyclic) bond motifs is 1. The normalized spacial score (nSPS) is 23.4.